The van der Waals surface area contributed by atoms with E-state index in [-0.39, 0.29) is 11.5 Å². The molecule has 2 aromatic rings. The van der Waals surface area contributed by atoms with Crippen molar-refractivity contribution in [2.24, 2.45) is 0 Å². The van der Waals surface area contributed by atoms with Gasteiger partial charge in [0, 0.05) is 5.56 Å². The van der Waals surface area contributed by atoms with Gasteiger partial charge in [-0.15, -0.1) is 0 Å². The molecule has 5 heteroatoms. The third-order valence-electron chi connectivity index (χ3n) is 3.58. The average molecular weight is 236 g/mol. The maximum Gasteiger partial charge on any atom is 0.149 e. The summed E-state index contributed by atoms with van der Waals surface area (Å²) < 4.78 is 0. The van der Waals surface area contributed by atoms with Gasteiger partial charge in [0.25, 0.3) is 0 Å². The summed E-state index contributed by atoms with van der Waals surface area (Å²) in [5.41, 5.74) is 5.24. The summed E-state index contributed by atoms with van der Waals surface area (Å²) >= 11 is 0. The third-order valence-corrected chi connectivity index (χ3v) is 3.58. The van der Waals surface area contributed by atoms with Gasteiger partial charge in [-0.05, 0) is 17.9 Å². The normalized spacial score (nSPS) is 10.5. The van der Waals surface area contributed by atoms with Gasteiger partial charge in [-0.25, -0.2) is 0 Å². The molecule has 0 atom stereocenters. The number of aromatic hydroxyl groups is 2. The first-order valence-electron chi connectivity index (χ1n) is 6.02. The summed E-state index contributed by atoms with van der Waals surface area (Å²) in [6.07, 6.45) is 0. The second-order valence-corrected chi connectivity index (χ2v) is 4.81. The van der Waals surface area contributed by atoms with Crippen LogP contribution in [0.4, 0.5) is 0 Å². The van der Waals surface area contributed by atoms with Crippen molar-refractivity contribution in [2.75, 3.05) is 0 Å². The first kappa shape index (κ1) is 12.7. The van der Waals surface area contributed by atoms with E-state index in [4.69, 9.17) is 0 Å². The van der Waals surface area contributed by atoms with Gasteiger partial charge in [-0.1, -0.05) is 40.8 Å². The van der Waals surface area contributed by atoms with E-state index >= 15 is 0 Å². The standard InChI is InChI=1S/C13H15B3O2/c1-6-2-4-7(5-3-6)8-9(14)10(15)13(18)11(16)12(8)17/h2-5,17-18H,14-16H2,1H3. The molecule has 0 bridgehead atoms. The molecule has 88 valence electrons. The SMILES string of the molecule is Bc1c(B)c(-c2ccc(C)cc2)c(O)c(B)c1O. The number of phenolic OH excluding ortho intramolecular Hbond substituents is 2. The average Bonchev–Trinajstić information content (AvgIpc) is 2.36. The van der Waals surface area contributed by atoms with Crippen molar-refractivity contribution in [2.45, 2.75) is 6.92 Å². The minimum Gasteiger partial charge on any atom is -0.509 e. The van der Waals surface area contributed by atoms with Crippen LogP contribution in [0.2, 0.25) is 0 Å². The lowest BCUT2D eigenvalue weighted by atomic mass is 9.71. The van der Waals surface area contributed by atoms with Crippen LogP contribution >= 0.6 is 0 Å². The Balaban J connectivity index is 2.75. The highest BCUT2D eigenvalue weighted by Gasteiger charge is 2.16. The first-order valence-corrected chi connectivity index (χ1v) is 6.02. The van der Waals surface area contributed by atoms with Crippen molar-refractivity contribution in [3.05, 3.63) is 29.8 Å². The van der Waals surface area contributed by atoms with Crippen molar-refractivity contribution in [1.29, 1.82) is 0 Å². The topological polar surface area (TPSA) is 40.5 Å². The number of benzene rings is 2. The van der Waals surface area contributed by atoms with Crippen LogP contribution in [0.3, 0.4) is 0 Å². The molecule has 0 aliphatic carbocycles. The summed E-state index contributed by atoms with van der Waals surface area (Å²) in [6, 6.07) is 8.03. The number of hydrogen-bond acceptors (Lipinski definition) is 2. The summed E-state index contributed by atoms with van der Waals surface area (Å²) in [5, 5.41) is 20.2. The van der Waals surface area contributed by atoms with E-state index in [1.807, 2.05) is 46.9 Å². The summed E-state index contributed by atoms with van der Waals surface area (Å²) in [5.74, 6) is 0.348. The van der Waals surface area contributed by atoms with Crippen LogP contribution in [0.5, 0.6) is 11.5 Å². The van der Waals surface area contributed by atoms with Crippen molar-refractivity contribution in [3.8, 4) is 22.6 Å². The molecule has 2 N–H and O–H groups in total. The lowest BCUT2D eigenvalue weighted by molar-refractivity contribution is 0.463. The van der Waals surface area contributed by atoms with Crippen molar-refractivity contribution in [1.82, 2.24) is 0 Å². The fraction of sp³-hybridized carbons (Fsp3) is 0.0769. The molecule has 0 saturated heterocycles. The zero-order chi connectivity index (χ0) is 13.4. The highest BCUT2D eigenvalue weighted by molar-refractivity contribution is 6.55. The Morgan fingerprint density at radius 3 is 1.89 bits per heavy atom. The Bertz CT molecular complexity index is 578. The van der Waals surface area contributed by atoms with Crippen LogP contribution in [-0.4, -0.2) is 33.8 Å². The molecule has 0 aromatic heterocycles. The second kappa shape index (κ2) is 4.49. The number of hydrogen-bond donors (Lipinski definition) is 2. The monoisotopic (exact) mass is 236 g/mol. The lowest BCUT2D eigenvalue weighted by Gasteiger charge is -2.17. The van der Waals surface area contributed by atoms with E-state index in [1.54, 1.807) is 7.85 Å². The summed E-state index contributed by atoms with van der Waals surface area (Å²) in [7, 11) is 5.52. The Morgan fingerprint density at radius 1 is 0.778 bits per heavy atom. The fourth-order valence-corrected chi connectivity index (χ4v) is 2.20. The Labute approximate surface area is 110 Å². The molecule has 2 aromatic carbocycles. The van der Waals surface area contributed by atoms with Gasteiger partial charge in [0.2, 0.25) is 0 Å². The van der Waals surface area contributed by atoms with E-state index in [0.29, 0.717) is 5.46 Å². The van der Waals surface area contributed by atoms with E-state index in [1.165, 1.54) is 5.56 Å². The Hall–Kier alpha value is -1.77. The predicted octanol–water partition coefficient (Wildman–Crippen LogP) is -2.15. The molecule has 0 unspecified atom stereocenters. The number of phenols is 2. The Kier molecular flexibility index (Phi) is 3.16. The van der Waals surface area contributed by atoms with Gasteiger partial charge in [0.15, 0.2) is 0 Å². The molecule has 2 rings (SSSR count). The van der Waals surface area contributed by atoms with E-state index in [0.717, 1.165) is 22.1 Å². The van der Waals surface area contributed by atoms with Crippen molar-refractivity contribution >= 4 is 39.9 Å². The largest absolute Gasteiger partial charge is 0.509 e. The van der Waals surface area contributed by atoms with Crippen LogP contribution in [0.25, 0.3) is 11.1 Å². The van der Waals surface area contributed by atoms with E-state index in [9.17, 15) is 10.2 Å². The number of rotatable bonds is 1. The zero-order valence-electron chi connectivity index (χ0n) is 11.2. The molecule has 0 radical (unpaired) electrons. The van der Waals surface area contributed by atoms with Crippen molar-refractivity contribution < 1.29 is 10.2 Å². The fourth-order valence-electron chi connectivity index (χ4n) is 2.20. The van der Waals surface area contributed by atoms with Gasteiger partial charge < -0.3 is 10.2 Å². The van der Waals surface area contributed by atoms with Crippen LogP contribution in [0.15, 0.2) is 24.3 Å². The first-order chi connectivity index (χ1) is 8.43. The summed E-state index contributed by atoms with van der Waals surface area (Å²) in [4.78, 5) is 0. The van der Waals surface area contributed by atoms with Gasteiger partial charge in [0.1, 0.15) is 35.0 Å². The smallest absolute Gasteiger partial charge is 0.149 e. The molecule has 18 heavy (non-hydrogen) atoms. The quantitative estimate of drug-likeness (QED) is 0.554. The third kappa shape index (κ3) is 1.90. The molecule has 0 fully saturated rings. The highest BCUT2D eigenvalue weighted by atomic mass is 16.3. The van der Waals surface area contributed by atoms with E-state index in [2.05, 4.69) is 0 Å². The van der Waals surface area contributed by atoms with E-state index < -0.39 is 0 Å². The van der Waals surface area contributed by atoms with Crippen molar-refractivity contribution in [3.63, 3.8) is 0 Å². The van der Waals surface area contributed by atoms with Gasteiger partial charge in [0.05, 0.1) is 0 Å². The molecule has 0 amide bonds. The van der Waals surface area contributed by atoms with Crippen LogP contribution in [-0.2, 0) is 0 Å². The maximum atomic E-state index is 10.2. The van der Waals surface area contributed by atoms with Gasteiger partial charge in [-0.2, -0.15) is 0 Å². The molecule has 0 heterocycles. The van der Waals surface area contributed by atoms with Crippen LogP contribution in [0, 0.1) is 6.92 Å². The van der Waals surface area contributed by atoms with Crippen LogP contribution < -0.4 is 16.4 Å². The highest BCUT2D eigenvalue weighted by Crippen LogP contribution is 2.26. The minimum atomic E-state index is 0.166. The van der Waals surface area contributed by atoms with Gasteiger partial charge >= 0.3 is 0 Å². The zero-order valence-corrected chi connectivity index (χ0v) is 11.2. The minimum absolute atomic E-state index is 0.166. The molecule has 0 aliphatic heterocycles. The molecule has 0 spiro atoms. The number of aryl methyl sites for hydroxylation is 1. The molecule has 2 nitrogen and oxygen atoms in total. The molecular weight excluding hydrogens is 221 g/mol. The second-order valence-electron chi connectivity index (χ2n) is 4.81. The molecule has 0 aliphatic rings. The van der Waals surface area contributed by atoms with Crippen LogP contribution in [0.1, 0.15) is 5.56 Å². The molecule has 0 saturated carbocycles. The predicted molar refractivity (Wildman–Crippen MR) is 84.5 cm³/mol. The maximum absolute atomic E-state index is 10.2. The van der Waals surface area contributed by atoms with Gasteiger partial charge in [-0.3, -0.25) is 0 Å². The summed E-state index contributed by atoms with van der Waals surface area (Å²) in [6.45, 7) is 2.03. The lowest BCUT2D eigenvalue weighted by Crippen LogP contribution is -2.32. The molecular formula is C13H15B3O2. The Morgan fingerprint density at radius 2 is 1.33 bits per heavy atom.